The zero-order valence-electron chi connectivity index (χ0n) is 5.88. The zero-order valence-corrected chi connectivity index (χ0v) is 7.39. The second-order valence-corrected chi connectivity index (χ2v) is 3.00. The molecule has 0 aliphatic heterocycles. The number of aliphatic hydroxyl groups excluding tert-OH is 1. The second kappa shape index (κ2) is 3.39. The topological polar surface area (TPSA) is 33.1 Å². The Kier molecular flexibility index (Phi) is 2.71. The maximum absolute atomic E-state index is 9.13. The van der Waals surface area contributed by atoms with E-state index < -0.39 is 6.10 Å². The van der Waals surface area contributed by atoms with Gasteiger partial charge in [-0.05, 0) is 24.6 Å². The Hall–Kier alpha value is -0.310. The molecule has 60 valence electrons. The molecule has 1 N–H and O–H groups in total. The summed E-state index contributed by atoms with van der Waals surface area (Å²) >= 11 is 11.2. The number of nitrogens with zero attached hydrogens (tertiary/aromatic N) is 1. The van der Waals surface area contributed by atoms with E-state index in [1.807, 2.05) is 0 Å². The van der Waals surface area contributed by atoms with Gasteiger partial charge in [-0.3, -0.25) is 0 Å². The van der Waals surface area contributed by atoms with E-state index >= 15 is 0 Å². The van der Waals surface area contributed by atoms with Gasteiger partial charge in [0.2, 0.25) is 0 Å². The highest BCUT2D eigenvalue weighted by atomic mass is 35.5. The van der Waals surface area contributed by atoms with E-state index in [0.717, 1.165) is 0 Å². The second-order valence-electron chi connectivity index (χ2n) is 2.22. The molecule has 0 aliphatic rings. The molecule has 1 atom stereocenters. The first-order valence-corrected chi connectivity index (χ1v) is 3.86. The first-order valence-electron chi connectivity index (χ1n) is 3.10. The first-order chi connectivity index (χ1) is 5.09. The summed E-state index contributed by atoms with van der Waals surface area (Å²) < 4.78 is 0. The molecule has 2 nitrogen and oxygen atoms in total. The lowest BCUT2D eigenvalue weighted by Gasteiger charge is -2.04. The predicted molar refractivity (Wildman–Crippen MR) is 44.9 cm³/mol. The van der Waals surface area contributed by atoms with Crippen LogP contribution in [0, 0.1) is 0 Å². The van der Waals surface area contributed by atoms with Crippen LogP contribution in [-0.4, -0.2) is 10.1 Å². The first kappa shape index (κ1) is 8.78. The van der Waals surface area contributed by atoms with Crippen molar-refractivity contribution < 1.29 is 5.11 Å². The minimum absolute atomic E-state index is 0.299. The van der Waals surface area contributed by atoms with Gasteiger partial charge >= 0.3 is 0 Å². The maximum atomic E-state index is 9.13. The average molecular weight is 192 g/mol. The standard InChI is InChI=1S/C7H7Cl2NO/c1-4(11)5-2-6(8)10-7(9)3-5/h2-4,11H,1H3/t4-/m1/s1. The fraction of sp³-hybridized carbons (Fsp3) is 0.286. The number of halogens is 2. The van der Waals surface area contributed by atoms with E-state index in [9.17, 15) is 0 Å². The molecule has 1 aromatic rings. The molecule has 1 aromatic heterocycles. The Bertz CT molecular complexity index is 242. The smallest absolute Gasteiger partial charge is 0.131 e. The van der Waals surface area contributed by atoms with Crippen molar-refractivity contribution in [2.45, 2.75) is 13.0 Å². The Balaban J connectivity index is 3.08. The summed E-state index contributed by atoms with van der Waals surface area (Å²) in [7, 11) is 0. The van der Waals surface area contributed by atoms with Crippen molar-refractivity contribution in [3.8, 4) is 0 Å². The molecule has 0 bridgehead atoms. The SMILES string of the molecule is C[C@@H](O)c1cc(Cl)nc(Cl)c1. The van der Waals surface area contributed by atoms with E-state index in [0.29, 0.717) is 15.9 Å². The predicted octanol–water partition coefficient (Wildman–Crippen LogP) is 2.44. The molecule has 0 aliphatic carbocycles. The van der Waals surface area contributed by atoms with Crippen LogP contribution in [0.1, 0.15) is 18.6 Å². The van der Waals surface area contributed by atoms with Crippen LogP contribution in [0.4, 0.5) is 0 Å². The van der Waals surface area contributed by atoms with Gasteiger partial charge in [-0.15, -0.1) is 0 Å². The number of aromatic nitrogens is 1. The van der Waals surface area contributed by atoms with Crippen LogP contribution in [0.25, 0.3) is 0 Å². The van der Waals surface area contributed by atoms with Crippen molar-refractivity contribution in [3.63, 3.8) is 0 Å². The minimum Gasteiger partial charge on any atom is -0.389 e. The number of aliphatic hydroxyl groups is 1. The third-order valence-corrected chi connectivity index (χ3v) is 1.65. The van der Waals surface area contributed by atoms with Gasteiger partial charge in [0.05, 0.1) is 6.10 Å². The van der Waals surface area contributed by atoms with Gasteiger partial charge in [0.15, 0.2) is 0 Å². The van der Waals surface area contributed by atoms with Crippen LogP contribution in [0.15, 0.2) is 12.1 Å². The highest BCUT2D eigenvalue weighted by Gasteiger charge is 2.03. The summed E-state index contributed by atoms with van der Waals surface area (Å²) in [6.45, 7) is 1.64. The van der Waals surface area contributed by atoms with Gasteiger partial charge in [0.25, 0.3) is 0 Å². The fourth-order valence-electron chi connectivity index (χ4n) is 0.725. The summed E-state index contributed by atoms with van der Waals surface area (Å²) in [5.41, 5.74) is 0.676. The summed E-state index contributed by atoms with van der Waals surface area (Å²) in [6, 6.07) is 3.16. The van der Waals surface area contributed by atoms with Crippen molar-refractivity contribution in [2.24, 2.45) is 0 Å². The van der Waals surface area contributed by atoms with Crippen LogP contribution < -0.4 is 0 Å². The zero-order chi connectivity index (χ0) is 8.43. The molecule has 0 aromatic carbocycles. The molecule has 4 heteroatoms. The molecule has 1 rings (SSSR count). The van der Waals surface area contributed by atoms with Gasteiger partial charge in [-0.1, -0.05) is 23.2 Å². The molecular formula is C7H7Cl2NO. The van der Waals surface area contributed by atoms with E-state index in [4.69, 9.17) is 28.3 Å². The van der Waals surface area contributed by atoms with Crippen molar-refractivity contribution in [1.29, 1.82) is 0 Å². The number of pyridine rings is 1. The van der Waals surface area contributed by atoms with Crippen molar-refractivity contribution in [1.82, 2.24) is 4.98 Å². The number of hydrogen-bond acceptors (Lipinski definition) is 2. The Morgan fingerprint density at radius 3 is 2.18 bits per heavy atom. The lowest BCUT2D eigenvalue weighted by atomic mass is 10.2. The summed E-state index contributed by atoms with van der Waals surface area (Å²) in [5, 5.41) is 9.73. The van der Waals surface area contributed by atoms with Crippen molar-refractivity contribution >= 4 is 23.2 Å². The number of rotatable bonds is 1. The third-order valence-electron chi connectivity index (χ3n) is 1.27. The molecular weight excluding hydrogens is 185 g/mol. The Morgan fingerprint density at radius 1 is 1.36 bits per heavy atom. The van der Waals surface area contributed by atoms with Crippen LogP contribution in [0.5, 0.6) is 0 Å². The molecule has 0 saturated heterocycles. The summed E-state index contributed by atoms with van der Waals surface area (Å²) in [5.74, 6) is 0. The molecule has 11 heavy (non-hydrogen) atoms. The highest BCUT2D eigenvalue weighted by Crippen LogP contribution is 2.19. The van der Waals surface area contributed by atoms with Crippen molar-refractivity contribution in [2.75, 3.05) is 0 Å². The largest absolute Gasteiger partial charge is 0.389 e. The molecule has 0 unspecified atom stereocenters. The molecule has 0 saturated carbocycles. The normalized spacial score (nSPS) is 13.1. The van der Waals surface area contributed by atoms with Gasteiger partial charge in [0, 0.05) is 0 Å². The lowest BCUT2D eigenvalue weighted by Crippen LogP contribution is -1.91. The van der Waals surface area contributed by atoms with Gasteiger partial charge in [-0.2, -0.15) is 0 Å². The fourth-order valence-corrected chi connectivity index (χ4v) is 1.20. The summed E-state index contributed by atoms with van der Waals surface area (Å²) in [6.07, 6.45) is -0.562. The molecule has 0 radical (unpaired) electrons. The van der Waals surface area contributed by atoms with E-state index in [2.05, 4.69) is 4.98 Å². The van der Waals surface area contributed by atoms with Gasteiger partial charge in [0.1, 0.15) is 10.3 Å². The van der Waals surface area contributed by atoms with Crippen LogP contribution in [-0.2, 0) is 0 Å². The molecule has 0 fully saturated rings. The lowest BCUT2D eigenvalue weighted by molar-refractivity contribution is 0.199. The average Bonchev–Trinajstić information content (AvgIpc) is 1.85. The maximum Gasteiger partial charge on any atom is 0.131 e. The van der Waals surface area contributed by atoms with Gasteiger partial charge < -0.3 is 5.11 Å². The van der Waals surface area contributed by atoms with Crippen LogP contribution >= 0.6 is 23.2 Å². The monoisotopic (exact) mass is 191 g/mol. The third kappa shape index (κ3) is 2.33. The molecule has 0 amide bonds. The highest BCUT2D eigenvalue weighted by molar-refractivity contribution is 6.32. The minimum atomic E-state index is -0.562. The van der Waals surface area contributed by atoms with Crippen LogP contribution in [0.3, 0.4) is 0 Å². The van der Waals surface area contributed by atoms with Gasteiger partial charge in [-0.25, -0.2) is 4.98 Å². The molecule has 0 spiro atoms. The van der Waals surface area contributed by atoms with E-state index in [1.54, 1.807) is 19.1 Å². The Labute approximate surface area is 74.8 Å². The van der Waals surface area contributed by atoms with Crippen molar-refractivity contribution in [3.05, 3.63) is 28.0 Å². The van der Waals surface area contributed by atoms with Crippen LogP contribution in [0.2, 0.25) is 10.3 Å². The quantitative estimate of drug-likeness (QED) is 0.693. The van der Waals surface area contributed by atoms with E-state index in [-0.39, 0.29) is 0 Å². The molecule has 1 heterocycles. The number of hydrogen-bond donors (Lipinski definition) is 1. The summed E-state index contributed by atoms with van der Waals surface area (Å²) in [4.78, 5) is 3.74. The van der Waals surface area contributed by atoms with E-state index in [1.165, 1.54) is 0 Å². The Morgan fingerprint density at radius 2 is 1.82 bits per heavy atom.